The van der Waals surface area contributed by atoms with Crippen LogP contribution in [0.1, 0.15) is 30.5 Å². The van der Waals surface area contributed by atoms with Crippen molar-refractivity contribution in [2.75, 3.05) is 17.1 Å². The standard InChI is InChI=1S/C33H37N3O4S/c1-24(2)34-33(38)31(21-26-14-6-5-7-15-26)35(22-28-17-9-8-13-25(28)3)32(37)23-36(41(4,39)40)30-20-12-18-27-16-10-11-19-29(27)30/h5-20,24,31H,21-23H2,1-4H3,(H,34,38). The van der Waals surface area contributed by atoms with Crippen LogP contribution in [-0.2, 0) is 32.6 Å². The molecule has 7 nitrogen and oxygen atoms in total. The predicted molar refractivity (Wildman–Crippen MR) is 165 cm³/mol. The van der Waals surface area contributed by atoms with Crippen molar-refractivity contribution in [3.63, 3.8) is 0 Å². The Bertz CT molecular complexity index is 1610. The van der Waals surface area contributed by atoms with Crippen LogP contribution in [0, 0.1) is 6.92 Å². The van der Waals surface area contributed by atoms with Gasteiger partial charge in [-0.2, -0.15) is 0 Å². The van der Waals surface area contributed by atoms with Gasteiger partial charge in [0.05, 0.1) is 11.9 Å². The lowest BCUT2D eigenvalue weighted by Crippen LogP contribution is -2.54. The Morgan fingerprint density at radius 2 is 1.46 bits per heavy atom. The van der Waals surface area contributed by atoms with E-state index < -0.39 is 28.5 Å². The minimum absolute atomic E-state index is 0.139. The van der Waals surface area contributed by atoms with Gasteiger partial charge in [-0.25, -0.2) is 8.42 Å². The maximum absolute atomic E-state index is 14.3. The van der Waals surface area contributed by atoms with Gasteiger partial charge >= 0.3 is 0 Å². The maximum atomic E-state index is 14.3. The lowest BCUT2D eigenvalue weighted by molar-refractivity contribution is -0.140. The molecule has 2 amide bonds. The Balaban J connectivity index is 1.79. The molecule has 1 unspecified atom stereocenters. The molecule has 41 heavy (non-hydrogen) atoms. The van der Waals surface area contributed by atoms with Crippen LogP contribution in [-0.4, -0.2) is 50.0 Å². The first kappa shape index (κ1) is 29.8. The van der Waals surface area contributed by atoms with Crippen LogP contribution < -0.4 is 9.62 Å². The molecular weight excluding hydrogens is 534 g/mol. The number of benzene rings is 4. The van der Waals surface area contributed by atoms with E-state index in [1.165, 1.54) is 4.90 Å². The minimum atomic E-state index is -3.86. The number of hydrogen-bond donors (Lipinski definition) is 1. The quantitative estimate of drug-likeness (QED) is 0.272. The Morgan fingerprint density at radius 1 is 0.829 bits per heavy atom. The molecule has 0 aliphatic rings. The van der Waals surface area contributed by atoms with Crippen molar-refractivity contribution in [1.29, 1.82) is 0 Å². The summed E-state index contributed by atoms with van der Waals surface area (Å²) in [7, 11) is -3.86. The van der Waals surface area contributed by atoms with Crippen molar-refractivity contribution in [3.05, 3.63) is 114 Å². The van der Waals surface area contributed by atoms with Gasteiger partial charge in [-0.1, -0.05) is 91.0 Å². The molecule has 1 N–H and O–H groups in total. The summed E-state index contributed by atoms with van der Waals surface area (Å²) in [6.07, 6.45) is 1.38. The number of nitrogens with zero attached hydrogens (tertiary/aromatic N) is 2. The first-order chi connectivity index (χ1) is 19.5. The van der Waals surface area contributed by atoms with Crippen LogP contribution >= 0.6 is 0 Å². The summed E-state index contributed by atoms with van der Waals surface area (Å²) < 4.78 is 27.5. The van der Waals surface area contributed by atoms with Gasteiger partial charge < -0.3 is 10.2 Å². The van der Waals surface area contributed by atoms with Crippen molar-refractivity contribution >= 4 is 38.3 Å². The van der Waals surface area contributed by atoms with Crippen LogP contribution in [0.3, 0.4) is 0 Å². The summed E-state index contributed by atoms with van der Waals surface area (Å²) in [5.41, 5.74) is 3.17. The van der Waals surface area contributed by atoms with Crippen LogP contribution in [0.15, 0.2) is 97.1 Å². The van der Waals surface area contributed by atoms with Gasteiger partial charge in [0.15, 0.2) is 0 Å². The van der Waals surface area contributed by atoms with E-state index in [-0.39, 0.29) is 24.9 Å². The number of hydrogen-bond acceptors (Lipinski definition) is 4. The summed E-state index contributed by atoms with van der Waals surface area (Å²) in [5.74, 6) is -0.756. The average Bonchev–Trinajstić information content (AvgIpc) is 2.93. The lowest BCUT2D eigenvalue weighted by Gasteiger charge is -2.34. The molecular formula is C33H37N3O4S. The average molecular weight is 572 g/mol. The number of nitrogens with one attached hydrogen (secondary N) is 1. The zero-order chi connectivity index (χ0) is 29.6. The van der Waals surface area contributed by atoms with Crippen molar-refractivity contribution in [2.24, 2.45) is 0 Å². The van der Waals surface area contributed by atoms with Crippen LogP contribution in [0.4, 0.5) is 5.69 Å². The molecule has 4 aromatic rings. The molecule has 214 valence electrons. The second-order valence-electron chi connectivity index (χ2n) is 10.6. The van der Waals surface area contributed by atoms with E-state index in [4.69, 9.17) is 0 Å². The number of fused-ring (bicyclic) bond motifs is 1. The normalized spacial score (nSPS) is 12.2. The molecule has 0 heterocycles. The molecule has 0 fully saturated rings. The molecule has 0 aliphatic heterocycles. The van der Waals surface area contributed by atoms with Crippen molar-refractivity contribution < 1.29 is 18.0 Å². The van der Waals surface area contributed by atoms with Gasteiger partial charge in [0, 0.05) is 24.4 Å². The van der Waals surface area contributed by atoms with E-state index in [2.05, 4.69) is 5.32 Å². The molecule has 0 aliphatic carbocycles. The largest absolute Gasteiger partial charge is 0.352 e. The zero-order valence-corrected chi connectivity index (χ0v) is 24.8. The van der Waals surface area contributed by atoms with Crippen molar-refractivity contribution in [2.45, 2.75) is 45.8 Å². The van der Waals surface area contributed by atoms with E-state index in [1.807, 2.05) is 106 Å². The van der Waals surface area contributed by atoms with Gasteiger partial charge in [-0.05, 0) is 48.9 Å². The Labute approximate surface area is 242 Å². The molecule has 0 spiro atoms. The molecule has 8 heteroatoms. The van der Waals surface area contributed by atoms with Crippen LogP contribution in [0.5, 0.6) is 0 Å². The maximum Gasteiger partial charge on any atom is 0.244 e. The SMILES string of the molecule is Cc1ccccc1CN(C(=O)CN(c1cccc2ccccc12)S(C)(=O)=O)C(Cc1ccccc1)C(=O)NC(C)C. The second-order valence-corrected chi connectivity index (χ2v) is 12.5. The van der Waals surface area contributed by atoms with E-state index in [1.54, 1.807) is 12.1 Å². The fraction of sp³-hybridized carbons (Fsp3) is 0.273. The lowest BCUT2D eigenvalue weighted by atomic mass is 10.0. The van der Waals surface area contributed by atoms with E-state index in [0.29, 0.717) is 5.69 Å². The Kier molecular flexibility index (Phi) is 9.45. The zero-order valence-electron chi connectivity index (χ0n) is 23.9. The number of carbonyl (C=O) groups is 2. The van der Waals surface area contributed by atoms with Crippen LogP contribution in [0.2, 0.25) is 0 Å². The topological polar surface area (TPSA) is 86.8 Å². The molecule has 0 bridgehead atoms. The highest BCUT2D eigenvalue weighted by molar-refractivity contribution is 7.92. The minimum Gasteiger partial charge on any atom is -0.352 e. The first-order valence-electron chi connectivity index (χ1n) is 13.7. The Hall–Kier alpha value is -4.17. The fourth-order valence-corrected chi connectivity index (χ4v) is 5.79. The molecule has 0 saturated carbocycles. The number of amides is 2. The summed E-state index contributed by atoms with van der Waals surface area (Å²) >= 11 is 0. The number of carbonyl (C=O) groups excluding carboxylic acids is 2. The third-order valence-electron chi connectivity index (χ3n) is 7.02. The first-order valence-corrected chi connectivity index (χ1v) is 15.5. The number of rotatable bonds is 11. The van der Waals surface area contributed by atoms with Gasteiger partial charge in [0.1, 0.15) is 12.6 Å². The van der Waals surface area contributed by atoms with Gasteiger partial charge in [0.25, 0.3) is 0 Å². The highest BCUT2D eigenvalue weighted by Gasteiger charge is 2.33. The monoisotopic (exact) mass is 571 g/mol. The van der Waals surface area contributed by atoms with Crippen LogP contribution in [0.25, 0.3) is 10.8 Å². The van der Waals surface area contributed by atoms with Crippen molar-refractivity contribution in [3.8, 4) is 0 Å². The van der Waals surface area contributed by atoms with E-state index >= 15 is 0 Å². The number of anilines is 1. The predicted octanol–water partition coefficient (Wildman–Crippen LogP) is 5.08. The smallest absolute Gasteiger partial charge is 0.244 e. The highest BCUT2D eigenvalue weighted by atomic mass is 32.2. The molecule has 4 aromatic carbocycles. The summed E-state index contributed by atoms with van der Waals surface area (Å²) in [4.78, 5) is 29.5. The summed E-state index contributed by atoms with van der Waals surface area (Å²) in [6.45, 7) is 5.41. The van der Waals surface area contributed by atoms with E-state index in [9.17, 15) is 18.0 Å². The molecule has 0 aromatic heterocycles. The second kappa shape index (κ2) is 13.0. The van der Waals surface area contributed by atoms with E-state index in [0.717, 1.165) is 38.0 Å². The third-order valence-corrected chi connectivity index (χ3v) is 8.14. The fourth-order valence-electron chi connectivity index (χ4n) is 4.93. The number of aryl methyl sites for hydroxylation is 1. The number of sulfonamides is 1. The summed E-state index contributed by atoms with van der Waals surface area (Å²) in [5, 5.41) is 4.56. The van der Waals surface area contributed by atoms with Crippen molar-refractivity contribution in [1.82, 2.24) is 10.2 Å². The highest BCUT2D eigenvalue weighted by Crippen LogP contribution is 2.29. The van der Waals surface area contributed by atoms with Gasteiger partial charge in [-0.15, -0.1) is 0 Å². The molecule has 0 saturated heterocycles. The van der Waals surface area contributed by atoms with Gasteiger partial charge in [-0.3, -0.25) is 13.9 Å². The van der Waals surface area contributed by atoms with Gasteiger partial charge in [0.2, 0.25) is 21.8 Å². The Morgan fingerprint density at radius 3 is 2.15 bits per heavy atom. The summed E-state index contributed by atoms with van der Waals surface area (Å²) in [6, 6.07) is 29.1. The molecule has 4 rings (SSSR count). The molecule has 0 radical (unpaired) electrons. The molecule has 1 atom stereocenters. The third kappa shape index (κ3) is 7.52.